The molecule has 1 fully saturated rings. The van der Waals surface area contributed by atoms with Gasteiger partial charge in [0, 0.05) is 13.1 Å². The summed E-state index contributed by atoms with van der Waals surface area (Å²) in [4.78, 5) is 1.97. The van der Waals surface area contributed by atoms with Crippen LogP contribution in [0.1, 0.15) is 19.4 Å². The molecule has 2 rings (SSSR count). The fourth-order valence-electron chi connectivity index (χ4n) is 2.60. The summed E-state index contributed by atoms with van der Waals surface area (Å²) in [5.41, 5.74) is 5.57. The molecule has 1 aromatic carbocycles. The van der Waals surface area contributed by atoms with Gasteiger partial charge >= 0.3 is 6.18 Å². The molecule has 0 bridgehead atoms. The highest BCUT2D eigenvalue weighted by atomic mass is 32.1. The van der Waals surface area contributed by atoms with Gasteiger partial charge in [0.2, 0.25) is 0 Å². The van der Waals surface area contributed by atoms with Crippen molar-refractivity contribution in [2.75, 3.05) is 23.3 Å². The average Bonchev–Trinajstić information content (AvgIpc) is 2.35. The number of rotatable bonds is 2. The molecular weight excluding hydrogens is 315 g/mol. The van der Waals surface area contributed by atoms with Crippen LogP contribution in [-0.4, -0.2) is 30.4 Å². The van der Waals surface area contributed by atoms with Crippen LogP contribution in [0, 0.1) is 0 Å². The molecule has 0 spiro atoms. The molecule has 0 amide bonds. The highest BCUT2D eigenvalue weighted by Gasteiger charge is 2.32. The van der Waals surface area contributed by atoms with Gasteiger partial charge in [0.05, 0.1) is 29.1 Å². The van der Waals surface area contributed by atoms with E-state index in [4.69, 9.17) is 22.7 Å². The number of ether oxygens (including phenoxy) is 1. The summed E-state index contributed by atoms with van der Waals surface area (Å²) in [5, 5.41) is 2.57. The van der Waals surface area contributed by atoms with Gasteiger partial charge in [0.25, 0.3) is 0 Å². The van der Waals surface area contributed by atoms with Crippen molar-refractivity contribution < 1.29 is 17.9 Å². The number of nitrogens with one attached hydrogen (secondary N) is 1. The number of anilines is 2. The van der Waals surface area contributed by atoms with E-state index in [1.807, 2.05) is 18.7 Å². The maximum atomic E-state index is 12.9. The zero-order valence-corrected chi connectivity index (χ0v) is 13.1. The first-order valence-electron chi connectivity index (χ1n) is 6.85. The lowest BCUT2D eigenvalue weighted by Gasteiger charge is -2.37. The van der Waals surface area contributed by atoms with Crippen LogP contribution in [0.15, 0.2) is 18.2 Å². The van der Waals surface area contributed by atoms with Crippen molar-refractivity contribution in [2.45, 2.75) is 32.2 Å². The standard InChI is InChI=1S/C14H18F3N3OS/c1-8-6-20(7-9(2)21-8)12-4-3-10(14(15,16)17)5-11(12)19-13(18)22/h3-5,8-9H,6-7H2,1-2H3,(H3,18,19,22). The molecule has 4 nitrogen and oxygen atoms in total. The van der Waals surface area contributed by atoms with Gasteiger partial charge in [0.1, 0.15) is 0 Å². The van der Waals surface area contributed by atoms with Gasteiger partial charge in [-0.2, -0.15) is 13.2 Å². The highest BCUT2D eigenvalue weighted by molar-refractivity contribution is 7.80. The van der Waals surface area contributed by atoms with Crippen LogP contribution < -0.4 is 16.0 Å². The van der Waals surface area contributed by atoms with Gasteiger partial charge < -0.3 is 20.7 Å². The fraction of sp³-hybridized carbons (Fsp3) is 0.500. The predicted octanol–water partition coefficient (Wildman–Crippen LogP) is 2.97. The molecule has 1 saturated heterocycles. The van der Waals surface area contributed by atoms with Crippen LogP contribution in [0.5, 0.6) is 0 Å². The number of nitrogens with two attached hydrogens (primary N) is 1. The number of halogens is 3. The van der Waals surface area contributed by atoms with Crippen molar-refractivity contribution in [1.29, 1.82) is 0 Å². The molecule has 1 aliphatic heterocycles. The SMILES string of the molecule is CC1CN(c2ccc(C(F)(F)F)cc2NC(N)=S)CC(C)O1. The Morgan fingerprint density at radius 3 is 2.41 bits per heavy atom. The number of morpholine rings is 1. The maximum absolute atomic E-state index is 12.9. The van der Waals surface area contributed by atoms with E-state index in [0.717, 1.165) is 12.1 Å². The number of nitrogens with zero attached hydrogens (tertiary/aromatic N) is 1. The van der Waals surface area contributed by atoms with Crippen LogP contribution in [0.25, 0.3) is 0 Å². The van der Waals surface area contributed by atoms with Crippen molar-refractivity contribution in [3.8, 4) is 0 Å². The van der Waals surface area contributed by atoms with Gasteiger partial charge in [0.15, 0.2) is 5.11 Å². The molecule has 1 aromatic rings. The van der Waals surface area contributed by atoms with E-state index in [-0.39, 0.29) is 23.0 Å². The van der Waals surface area contributed by atoms with Crippen LogP contribution in [0.2, 0.25) is 0 Å². The third-order valence-electron chi connectivity index (χ3n) is 3.34. The molecule has 0 radical (unpaired) electrons. The third-order valence-corrected chi connectivity index (χ3v) is 3.44. The van der Waals surface area contributed by atoms with E-state index in [9.17, 15) is 13.2 Å². The number of hydrogen-bond donors (Lipinski definition) is 2. The zero-order valence-electron chi connectivity index (χ0n) is 12.3. The molecule has 2 unspecified atom stereocenters. The lowest BCUT2D eigenvalue weighted by atomic mass is 10.1. The summed E-state index contributed by atoms with van der Waals surface area (Å²) in [7, 11) is 0. The minimum atomic E-state index is -4.42. The largest absolute Gasteiger partial charge is 0.416 e. The Labute approximate surface area is 132 Å². The first kappa shape index (κ1) is 16.8. The zero-order chi connectivity index (χ0) is 16.5. The summed E-state index contributed by atoms with van der Waals surface area (Å²) in [6, 6.07) is 3.53. The summed E-state index contributed by atoms with van der Waals surface area (Å²) in [6.45, 7) is 5.02. The molecule has 22 heavy (non-hydrogen) atoms. The topological polar surface area (TPSA) is 50.5 Å². The Morgan fingerprint density at radius 2 is 1.91 bits per heavy atom. The second-order valence-corrected chi connectivity index (χ2v) is 5.82. The van der Waals surface area contributed by atoms with Gasteiger partial charge in [-0.05, 0) is 44.3 Å². The average molecular weight is 333 g/mol. The Bertz CT molecular complexity index is 555. The first-order chi connectivity index (χ1) is 10.2. The van der Waals surface area contributed by atoms with E-state index in [0.29, 0.717) is 18.8 Å². The van der Waals surface area contributed by atoms with Crippen LogP contribution in [0.4, 0.5) is 24.5 Å². The Balaban J connectivity index is 2.39. The quantitative estimate of drug-likeness (QED) is 0.815. The predicted molar refractivity (Wildman–Crippen MR) is 84.1 cm³/mol. The third kappa shape index (κ3) is 4.01. The Hall–Kier alpha value is -1.54. The van der Waals surface area contributed by atoms with Crippen LogP contribution in [-0.2, 0) is 10.9 Å². The van der Waals surface area contributed by atoms with Crippen LogP contribution >= 0.6 is 12.2 Å². The smallest absolute Gasteiger partial charge is 0.376 e. The normalized spacial score (nSPS) is 22.5. The molecule has 2 atom stereocenters. The van der Waals surface area contributed by atoms with Crippen molar-refractivity contribution in [1.82, 2.24) is 0 Å². The second-order valence-electron chi connectivity index (χ2n) is 5.38. The van der Waals surface area contributed by atoms with Gasteiger partial charge in [-0.25, -0.2) is 0 Å². The van der Waals surface area contributed by atoms with Crippen molar-refractivity contribution >= 4 is 28.7 Å². The summed E-state index contributed by atoms with van der Waals surface area (Å²) in [6.07, 6.45) is -4.44. The summed E-state index contributed by atoms with van der Waals surface area (Å²) in [5.74, 6) is 0. The van der Waals surface area contributed by atoms with Gasteiger partial charge in [-0.3, -0.25) is 0 Å². The summed E-state index contributed by atoms with van der Waals surface area (Å²) < 4.78 is 44.3. The molecular formula is C14H18F3N3OS. The van der Waals surface area contributed by atoms with E-state index in [1.165, 1.54) is 6.07 Å². The number of hydrogen-bond acceptors (Lipinski definition) is 3. The van der Waals surface area contributed by atoms with Crippen molar-refractivity contribution in [3.05, 3.63) is 23.8 Å². The number of alkyl halides is 3. The minimum Gasteiger partial charge on any atom is -0.376 e. The maximum Gasteiger partial charge on any atom is 0.416 e. The lowest BCUT2D eigenvalue weighted by Crippen LogP contribution is -2.45. The van der Waals surface area contributed by atoms with Crippen LogP contribution in [0.3, 0.4) is 0 Å². The minimum absolute atomic E-state index is 0.0104. The molecule has 8 heteroatoms. The monoisotopic (exact) mass is 333 g/mol. The molecule has 0 aromatic heterocycles. The van der Waals surface area contributed by atoms with Gasteiger partial charge in [-0.15, -0.1) is 0 Å². The molecule has 3 N–H and O–H groups in total. The number of benzene rings is 1. The first-order valence-corrected chi connectivity index (χ1v) is 7.25. The van der Waals surface area contributed by atoms with Crippen molar-refractivity contribution in [3.63, 3.8) is 0 Å². The van der Waals surface area contributed by atoms with E-state index < -0.39 is 11.7 Å². The van der Waals surface area contributed by atoms with E-state index >= 15 is 0 Å². The molecule has 1 aliphatic rings. The van der Waals surface area contributed by atoms with Gasteiger partial charge in [-0.1, -0.05) is 0 Å². The fourth-order valence-corrected chi connectivity index (χ4v) is 2.71. The summed E-state index contributed by atoms with van der Waals surface area (Å²) >= 11 is 4.76. The molecule has 1 heterocycles. The Morgan fingerprint density at radius 1 is 1.32 bits per heavy atom. The van der Waals surface area contributed by atoms with E-state index in [2.05, 4.69) is 5.32 Å². The highest BCUT2D eigenvalue weighted by Crippen LogP contribution is 2.36. The lowest BCUT2D eigenvalue weighted by molar-refractivity contribution is -0.137. The Kier molecular flexibility index (Phi) is 4.81. The molecule has 0 saturated carbocycles. The number of thiocarbonyl (C=S) groups is 1. The molecule has 0 aliphatic carbocycles. The van der Waals surface area contributed by atoms with E-state index in [1.54, 1.807) is 0 Å². The molecule has 122 valence electrons. The van der Waals surface area contributed by atoms with Crippen molar-refractivity contribution in [2.24, 2.45) is 5.73 Å². The second kappa shape index (κ2) is 6.29.